The predicted octanol–water partition coefficient (Wildman–Crippen LogP) is 3.64. The predicted molar refractivity (Wildman–Crippen MR) is 98.6 cm³/mol. The van der Waals surface area contributed by atoms with Gasteiger partial charge in [0.05, 0.1) is 30.6 Å². The fourth-order valence-electron chi connectivity index (χ4n) is 3.52. The minimum Gasteiger partial charge on any atom is -0.439 e. The molecule has 0 radical (unpaired) electrons. The van der Waals surface area contributed by atoms with Crippen molar-refractivity contribution in [3.63, 3.8) is 0 Å². The number of oxazole rings is 1. The highest BCUT2D eigenvalue weighted by Gasteiger charge is 2.36. The quantitative estimate of drug-likeness (QED) is 0.759. The van der Waals surface area contributed by atoms with Crippen molar-refractivity contribution in [3.8, 4) is 11.3 Å². The van der Waals surface area contributed by atoms with Gasteiger partial charge in [-0.25, -0.2) is 9.97 Å². The number of hydrogen-bond donors (Lipinski definition) is 1. The first-order valence-corrected chi connectivity index (χ1v) is 8.94. The molecule has 1 N–H and O–H groups in total. The van der Waals surface area contributed by atoms with E-state index in [-0.39, 0.29) is 12.1 Å². The Morgan fingerprint density at radius 1 is 1.27 bits per heavy atom. The van der Waals surface area contributed by atoms with Crippen LogP contribution < -0.4 is 0 Å². The van der Waals surface area contributed by atoms with Gasteiger partial charge in [-0.05, 0) is 20.3 Å². The molecular weight excluding hydrogens is 328 g/mol. The first-order chi connectivity index (χ1) is 12.6. The summed E-state index contributed by atoms with van der Waals surface area (Å²) in [7, 11) is 1.77. The zero-order chi connectivity index (χ0) is 18.1. The number of imidazole rings is 1. The van der Waals surface area contributed by atoms with Crippen molar-refractivity contribution in [2.24, 2.45) is 0 Å². The van der Waals surface area contributed by atoms with Crippen molar-refractivity contribution in [1.29, 1.82) is 0 Å². The summed E-state index contributed by atoms with van der Waals surface area (Å²) in [6, 6.07) is 10.2. The Morgan fingerprint density at radius 2 is 2.08 bits per heavy atom. The second-order valence-corrected chi connectivity index (χ2v) is 6.86. The molecule has 1 aromatic carbocycles. The Labute approximate surface area is 153 Å². The van der Waals surface area contributed by atoms with Crippen LogP contribution in [0.2, 0.25) is 0 Å². The lowest BCUT2D eigenvalue weighted by molar-refractivity contribution is 0.106. The Hall–Kier alpha value is -2.44. The number of rotatable bonds is 5. The molecule has 6 nitrogen and oxygen atoms in total. The molecule has 1 aliphatic heterocycles. The van der Waals surface area contributed by atoms with E-state index in [4.69, 9.17) is 14.1 Å². The zero-order valence-electron chi connectivity index (χ0n) is 15.4. The first kappa shape index (κ1) is 17.0. The van der Waals surface area contributed by atoms with Crippen molar-refractivity contribution >= 4 is 0 Å². The summed E-state index contributed by atoms with van der Waals surface area (Å²) >= 11 is 0. The largest absolute Gasteiger partial charge is 0.439 e. The summed E-state index contributed by atoms with van der Waals surface area (Å²) in [5.41, 5.74) is 3.20. The third-order valence-corrected chi connectivity index (χ3v) is 5.11. The lowest BCUT2D eigenvalue weighted by atomic mass is 10.2. The van der Waals surface area contributed by atoms with Gasteiger partial charge in [0, 0.05) is 24.9 Å². The van der Waals surface area contributed by atoms with Crippen molar-refractivity contribution in [1.82, 2.24) is 19.9 Å². The van der Waals surface area contributed by atoms with Crippen LogP contribution in [0.3, 0.4) is 0 Å². The number of aryl methyl sites for hydroxylation is 2. The number of ether oxygens (including phenoxy) is 1. The molecule has 0 unspecified atom stereocenters. The van der Waals surface area contributed by atoms with E-state index in [0.717, 1.165) is 41.5 Å². The van der Waals surface area contributed by atoms with E-state index in [1.807, 2.05) is 37.3 Å². The summed E-state index contributed by atoms with van der Waals surface area (Å²) in [6.45, 7) is 5.56. The van der Waals surface area contributed by atoms with Gasteiger partial charge in [0.25, 0.3) is 0 Å². The topological polar surface area (TPSA) is 67.2 Å². The number of nitrogens with one attached hydrogen (secondary N) is 1. The fourth-order valence-corrected chi connectivity index (χ4v) is 3.52. The molecule has 6 heteroatoms. The van der Waals surface area contributed by atoms with Crippen LogP contribution >= 0.6 is 0 Å². The van der Waals surface area contributed by atoms with Crippen LogP contribution in [-0.4, -0.2) is 39.6 Å². The van der Waals surface area contributed by atoms with E-state index in [0.29, 0.717) is 12.4 Å². The molecule has 4 rings (SSSR count). The number of benzene rings is 1. The lowest BCUT2D eigenvalue weighted by Gasteiger charge is -2.20. The zero-order valence-corrected chi connectivity index (χ0v) is 15.4. The average molecular weight is 352 g/mol. The smallest absolute Gasteiger partial charge is 0.209 e. The van der Waals surface area contributed by atoms with Crippen LogP contribution in [0, 0.1) is 13.8 Å². The Morgan fingerprint density at radius 3 is 2.77 bits per heavy atom. The SMILES string of the molecule is CO[C@@H]1C[C@@H](c2nc(C)c(C)[nH]2)N(Cc2ncc(-c3ccccc3)o2)C1. The maximum atomic E-state index is 5.99. The van der Waals surface area contributed by atoms with Gasteiger partial charge in [-0.3, -0.25) is 4.90 Å². The van der Waals surface area contributed by atoms with Gasteiger partial charge in [-0.2, -0.15) is 0 Å². The van der Waals surface area contributed by atoms with Gasteiger partial charge in [-0.15, -0.1) is 0 Å². The number of aromatic amines is 1. The van der Waals surface area contributed by atoms with Crippen LogP contribution in [0.25, 0.3) is 11.3 Å². The number of likely N-dealkylation sites (tertiary alicyclic amines) is 1. The normalized spacial score (nSPS) is 20.7. The van der Waals surface area contributed by atoms with Gasteiger partial charge in [0.1, 0.15) is 5.82 Å². The molecule has 0 saturated carbocycles. The summed E-state index contributed by atoms with van der Waals surface area (Å²) in [5.74, 6) is 2.50. The van der Waals surface area contributed by atoms with Crippen LogP contribution in [0.1, 0.15) is 35.6 Å². The Bertz CT molecular complexity index is 852. The molecular formula is C20H24N4O2. The van der Waals surface area contributed by atoms with Gasteiger partial charge < -0.3 is 14.1 Å². The minimum absolute atomic E-state index is 0.180. The molecule has 1 aliphatic rings. The summed E-state index contributed by atoms with van der Waals surface area (Å²) in [5, 5.41) is 0. The maximum Gasteiger partial charge on any atom is 0.209 e. The molecule has 3 aromatic rings. The van der Waals surface area contributed by atoms with E-state index < -0.39 is 0 Å². The van der Waals surface area contributed by atoms with Crippen molar-refractivity contribution in [3.05, 3.63) is 59.6 Å². The third kappa shape index (κ3) is 3.30. The Kier molecular flexibility index (Phi) is 4.61. The van der Waals surface area contributed by atoms with E-state index in [2.05, 4.69) is 21.8 Å². The van der Waals surface area contributed by atoms with Gasteiger partial charge in [0.15, 0.2) is 5.76 Å². The van der Waals surface area contributed by atoms with E-state index >= 15 is 0 Å². The second kappa shape index (κ2) is 7.05. The van der Waals surface area contributed by atoms with Gasteiger partial charge in [-0.1, -0.05) is 30.3 Å². The summed E-state index contributed by atoms with van der Waals surface area (Å²) in [6.07, 6.45) is 2.90. The molecule has 0 amide bonds. The van der Waals surface area contributed by atoms with E-state index in [1.165, 1.54) is 0 Å². The minimum atomic E-state index is 0.180. The molecule has 136 valence electrons. The molecule has 0 aliphatic carbocycles. The molecule has 0 spiro atoms. The molecule has 2 atom stereocenters. The fraction of sp³-hybridized carbons (Fsp3) is 0.400. The molecule has 26 heavy (non-hydrogen) atoms. The van der Waals surface area contributed by atoms with Crippen molar-refractivity contribution < 1.29 is 9.15 Å². The molecule has 2 aromatic heterocycles. The number of hydrogen-bond acceptors (Lipinski definition) is 5. The number of aromatic nitrogens is 3. The summed E-state index contributed by atoms with van der Waals surface area (Å²) in [4.78, 5) is 14.9. The monoisotopic (exact) mass is 352 g/mol. The molecule has 0 bridgehead atoms. The molecule has 3 heterocycles. The molecule has 1 fully saturated rings. The highest BCUT2D eigenvalue weighted by molar-refractivity contribution is 5.55. The highest BCUT2D eigenvalue weighted by atomic mass is 16.5. The third-order valence-electron chi connectivity index (χ3n) is 5.11. The van der Waals surface area contributed by atoms with Crippen LogP contribution in [-0.2, 0) is 11.3 Å². The van der Waals surface area contributed by atoms with Gasteiger partial charge in [0.2, 0.25) is 5.89 Å². The van der Waals surface area contributed by atoms with Crippen LogP contribution in [0.4, 0.5) is 0 Å². The first-order valence-electron chi connectivity index (χ1n) is 8.94. The van der Waals surface area contributed by atoms with Gasteiger partial charge >= 0.3 is 0 Å². The van der Waals surface area contributed by atoms with Crippen molar-refractivity contribution in [2.45, 2.75) is 39.0 Å². The van der Waals surface area contributed by atoms with Crippen molar-refractivity contribution in [2.75, 3.05) is 13.7 Å². The van der Waals surface area contributed by atoms with E-state index in [9.17, 15) is 0 Å². The lowest BCUT2D eigenvalue weighted by Crippen LogP contribution is -2.25. The number of methoxy groups -OCH3 is 1. The number of nitrogens with zero attached hydrogens (tertiary/aromatic N) is 3. The molecule has 1 saturated heterocycles. The van der Waals surface area contributed by atoms with Crippen LogP contribution in [0.5, 0.6) is 0 Å². The number of H-pyrrole nitrogens is 1. The standard InChI is InChI=1S/C20H24N4O2/c1-13-14(2)23-20(22-13)17-9-16(25-3)11-24(17)12-19-21-10-18(26-19)15-7-5-4-6-8-15/h4-8,10,16-17H,9,11-12H2,1-3H3,(H,22,23)/t16-,17+/m1/s1. The van der Waals surface area contributed by atoms with Crippen LogP contribution in [0.15, 0.2) is 40.9 Å². The average Bonchev–Trinajstić information content (AvgIpc) is 3.36. The van der Waals surface area contributed by atoms with E-state index in [1.54, 1.807) is 13.3 Å². The maximum absolute atomic E-state index is 5.99. The second-order valence-electron chi connectivity index (χ2n) is 6.86. The highest BCUT2D eigenvalue weighted by Crippen LogP contribution is 2.34. The Balaban J connectivity index is 1.54. The summed E-state index contributed by atoms with van der Waals surface area (Å²) < 4.78 is 11.6.